The summed E-state index contributed by atoms with van der Waals surface area (Å²) < 4.78 is 5.65. The highest BCUT2D eigenvalue weighted by Crippen LogP contribution is 2.40. The van der Waals surface area contributed by atoms with Gasteiger partial charge in [-0.25, -0.2) is 0 Å². The van der Waals surface area contributed by atoms with E-state index in [1.807, 2.05) is 0 Å². The molecule has 0 amide bonds. The van der Waals surface area contributed by atoms with E-state index in [0.717, 1.165) is 38.0 Å². The summed E-state index contributed by atoms with van der Waals surface area (Å²) in [6, 6.07) is 9.27. The predicted octanol–water partition coefficient (Wildman–Crippen LogP) is 2.57. The van der Waals surface area contributed by atoms with E-state index in [2.05, 4.69) is 50.1 Å². The highest BCUT2D eigenvalue weighted by molar-refractivity contribution is 5.29. The van der Waals surface area contributed by atoms with Gasteiger partial charge in [-0.05, 0) is 43.4 Å². The molecule has 1 N–H and O–H groups in total. The molecule has 1 aromatic carbocycles. The minimum Gasteiger partial charge on any atom is -0.385 e. The summed E-state index contributed by atoms with van der Waals surface area (Å²) in [7, 11) is 2.16. The first-order valence-electron chi connectivity index (χ1n) is 8.09. The summed E-state index contributed by atoms with van der Waals surface area (Å²) in [5, 5.41) is 11.2. The van der Waals surface area contributed by atoms with E-state index in [0.29, 0.717) is 18.0 Å². The van der Waals surface area contributed by atoms with Crippen LogP contribution >= 0.6 is 0 Å². The van der Waals surface area contributed by atoms with Crippen molar-refractivity contribution in [3.8, 4) is 0 Å². The highest BCUT2D eigenvalue weighted by Gasteiger charge is 2.45. The van der Waals surface area contributed by atoms with Gasteiger partial charge in [0.15, 0.2) is 0 Å². The van der Waals surface area contributed by atoms with Gasteiger partial charge in [-0.3, -0.25) is 4.90 Å². The average molecular weight is 289 g/mol. The molecule has 3 heteroatoms. The average Bonchev–Trinajstić information content (AvgIpc) is 2.41. The van der Waals surface area contributed by atoms with E-state index < -0.39 is 5.60 Å². The summed E-state index contributed by atoms with van der Waals surface area (Å²) in [4.78, 5) is 2.38. The molecule has 0 saturated carbocycles. The molecule has 21 heavy (non-hydrogen) atoms. The molecule has 2 fully saturated rings. The van der Waals surface area contributed by atoms with Crippen LogP contribution in [0.4, 0.5) is 0 Å². The zero-order valence-electron chi connectivity index (χ0n) is 13.4. The largest absolute Gasteiger partial charge is 0.385 e. The SMILES string of the molecule is CC(C)Cc1ccc(C2(O)CC3COCC(C2)N3C)cc1. The fourth-order valence-electron chi connectivity index (χ4n) is 3.80. The van der Waals surface area contributed by atoms with Crippen LogP contribution in [-0.2, 0) is 16.8 Å². The van der Waals surface area contributed by atoms with Gasteiger partial charge in [-0.15, -0.1) is 0 Å². The van der Waals surface area contributed by atoms with E-state index in [-0.39, 0.29) is 0 Å². The number of piperidine rings is 1. The molecule has 116 valence electrons. The number of morpholine rings is 1. The van der Waals surface area contributed by atoms with Gasteiger partial charge in [-0.2, -0.15) is 0 Å². The van der Waals surface area contributed by atoms with Crippen molar-refractivity contribution < 1.29 is 9.84 Å². The quantitative estimate of drug-likeness (QED) is 0.928. The van der Waals surface area contributed by atoms with Crippen LogP contribution in [-0.4, -0.2) is 42.4 Å². The molecule has 0 radical (unpaired) electrons. The molecule has 0 spiro atoms. The molecule has 2 bridgehead atoms. The number of nitrogens with zero attached hydrogens (tertiary/aromatic N) is 1. The van der Waals surface area contributed by atoms with Crippen LogP contribution in [0.2, 0.25) is 0 Å². The molecule has 2 aliphatic heterocycles. The maximum absolute atomic E-state index is 11.2. The van der Waals surface area contributed by atoms with Gasteiger partial charge in [0.2, 0.25) is 0 Å². The van der Waals surface area contributed by atoms with Gasteiger partial charge in [0, 0.05) is 12.1 Å². The van der Waals surface area contributed by atoms with Gasteiger partial charge in [0.05, 0.1) is 18.8 Å². The Morgan fingerprint density at radius 1 is 1.19 bits per heavy atom. The molecular formula is C18H27NO2. The number of hydrogen-bond donors (Lipinski definition) is 1. The second-order valence-corrected chi connectivity index (χ2v) is 7.25. The second kappa shape index (κ2) is 5.71. The highest BCUT2D eigenvalue weighted by atomic mass is 16.5. The molecule has 2 atom stereocenters. The van der Waals surface area contributed by atoms with Crippen molar-refractivity contribution in [3.05, 3.63) is 35.4 Å². The van der Waals surface area contributed by atoms with Crippen LogP contribution in [0.25, 0.3) is 0 Å². The summed E-state index contributed by atoms with van der Waals surface area (Å²) in [5.74, 6) is 0.666. The Morgan fingerprint density at radius 2 is 1.76 bits per heavy atom. The number of benzene rings is 1. The van der Waals surface area contributed by atoms with Crippen molar-refractivity contribution >= 4 is 0 Å². The van der Waals surface area contributed by atoms with Gasteiger partial charge in [-0.1, -0.05) is 38.1 Å². The van der Waals surface area contributed by atoms with E-state index >= 15 is 0 Å². The van der Waals surface area contributed by atoms with Crippen LogP contribution in [0.1, 0.15) is 37.8 Å². The fraction of sp³-hybridized carbons (Fsp3) is 0.667. The van der Waals surface area contributed by atoms with Gasteiger partial charge >= 0.3 is 0 Å². The molecule has 0 aromatic heterocycles. The van der Waals surface area contributed by atoms with Crippen molar-refractivity contribution in [2.75, 3.05) is 20.3 Å². The van der Waals surface area contributed by atoms with E-state index in [1.165, 1.54) is 5.56 Å². The Morgan fingerprint density at radius 3 is 2.29 bits per heavy atom. The number of rotatable bonds is 3. The Kier molecular flexibility index (Phi) is 4.08. The van der Waals surface area contributed by atoms with Crippen molar-refractivity contribution in [2.24, 2.45) is 5.92 Å². The van der Waals surface area contributed by atoms with Gasteiger partial charge < -0.3 is 9.84 Å². The van der Waals surface area contributed by atoms with Crippen LogP contribution in [0.3, 0.4) is 0 Å². The zero-order chi connectivity index (χ0) is 15.0. The van der Waals surface area contributed by atoms with Crippen LogP contribution < -0.4 is 0 Å². The fourth-order valence-corrected chi connectivity index (χ4v) is 3.80. The van der Waals surface area contributed by atoms with E-state index in [9.17, 15) is 5.11 Å². The van der Waals surface area contributed by atoms with Crippen molar-refractivity contribution in [1.82, 2.24) is 4.90 Å². The van der Waals surface area contributed by atoms with E-state index in [4.69, 9.17) is 4.74 Å². The summed E-state index contributed by atoms with van der Waals surface area (Å²) in [5.41, 5.74) is 1.73. The Labute approximate surface area is 127 Å². The summed E-state index contributed by atoms with van der Waals surface area (Å²) in [6.07, 6.45) is 2.63. The molecule has 3 rings (SSSR count). The third-order valence-corrected chi connectivity index (χ3v) is 5.05. The standard InChI is InChI=1S/C18H27NO2/c1-13(2)8-14-4-6-15(7-5-14)18(20)9-16-11-21-12-17(10-18)19(16)3/h4-7,13,16-17,20H,8-12H2,1-3H3. The maximum Gasteiger partial charge on any atom is 0.0928 e. The molecule has 1 aromatic rings. The van der Waals surface area contributed by atoms with Crippen LogP contribution in [0, 0.1) is 5.92 Å². The van der Waals surface area contributed by atoms with Crippen LogP contribution in [0.5, 0.6) is 0 Å². The minimum absolute atomic E-state index is 0.331. The van der Waals surface area contributed by atoms with Crippen LogP contribution in [0.15, 0.2) is 24.3 Å². The lowest BCUT2D eigenvalue weighted by Crippen LogP contribution is -2.59. The second-order valence-electron chi connectivity index (χ2n) is 7.25. The first-order chi connectivity index (χ1) is 9.98. The Balaban J connectivity index is 1.79. The first-order valence-corrected chi connectivity index (χ1v) is 8.09. The lowest BCUT2D eigenvalue weighted by molar-refractivity contribution is -0.137. The normalized spacial score (nSPS) is 33.4. The number of hydrogen-bond acceptors (Lipinski definition) is 3. The third-order valence-electron chi connectivity index (χ3n) is 5.05. The lowest BCUT2D eigenvalue weighted by atomic mass is 9.77. The first kappa shape index (κ1) is 15.0. The number of fused-ring (bicyclic) bond motifs is 2. The monoisotopic (exact) mass is 289 g/mol. The minimum atomic E-state index is -0.692. The number of ether oxygens (including phenoxy) is 1. The Bertz CT molecular complexity index is 468. The van der Waals surface area contributed by atoms with Crippen molar-refractivity contribution in [1.29, 1.82) is 0 Å². The number of likely N-dealkylation sites (N-methyl/N-ethyl adjacent to an activating group) is 1. The molecule has 2 aliphatic rings. The lowest BCUT2D eigenvalue weighted by Gasteiger charge is -2.50. The smallest absolute Gasteiger partial charge is 0.0928 e. The zero-order valence-corrected chi connectivity index (χ0v) is 13.4. The van der Waals surface area contributed by atoms with Crippen molar-refractivity contribution in [2.45, 2.75) is 50.8 Å². The predicted molar refractivity (Wildman–Crippen MR) is 84.3 cm³/mol. The summed E-state index contributed by atoms with van der Waals surface area (Å²) in [6.45, 7) is 5.95. The summed E-state index contributed by atoms with van der Waals surface area (Å²) >= 11 is 0. The van der Waals surface area contributed by atoms with E-state index in [1.54, 1.807) is 0 Å². The molecule has 2 saturated heterocycles. The third kappa shape index (κ3) is 3.01. The maximum atomic E-state index is 11.2. The van der Waals surface area contributed by atoms with Gasteiger partial charge in [0.1, 0.15) is 0 Å². The van der Waals surface area contributed by atoms with Gasteiger partial charge in [0.25, 0.3) is 0 Å². The Hall–Kier alpha value is -0.900. The van der Waals surface area contributed by atoms with Crippen molar-refractivity contribution in [3.63, 3.8) is 0 Å². The molecular weight excluding hydrogens is 262 g/mol. The topological polar surface area (TPSA) is 32.7 Å². The molecule has 2 unspecified atom stereocenters. The molecule has 0 aliphatic carbocycles. The number of aliphatic hydroxyl groups is 1. The molecule has 2 heterocycles. The molecule has 3 nitrogen and oxygen atoms in total.